The minimum atomic E-state index is -5.78. The van der Waals surface area contributed by atoms with Gasteiger partial charge in [-0.15, -0.1) is 0 Å². The number of hydrogen-bond donors (Lipinski definition) is 0. The smallest absolute Gasteiger partial charge is 0.376 e. The summed E-state index contributed by atoms with van der Waals surface area (Å²) in [4.78, 5) is 4.27. The minimum absolute atomic E-state index is 0.255. The summed E-state index contributed by atoms with van der Waals surface area (Å²) in [7, 11) is -5.78. The Labute approximate surface area is 180 Å². The third kappa shape index (κ3) is 3.78. The average Bonchev–Trinajstić information content (AvgIpc) is 3.39. The molecule has 0 aliphatic rings. The molecule has 1 aromatic carbocycles. The lowest BCUT2D eigenvalue weighted by atomic mass is 10.1. The van der Waals surface area contributed by atoms with Crippen molar-refractivity contribution in [2.24, 2.45) is 0 Å². The fraction of sp³-hybridized carbons (Fsp3) is 0.150. The number of aryl methyl sites for hydroxylation is 1. The Morgan fingerprint density at radius 3 is 2.41 bits per heavy atom. The molecule has 0 atom stereocenters. The molecule has 0 fully saturated rings. The van der Waals surface area contributed by atoms with Gasteiger partial charge in [0.2, 0.25) is 0 Å². The van der Waals surface area contributed by atoms with E-state index in [1.807, 2.05) is 19.2 Å². The molecule has 164 valence electrons. The predicted molar refractivity (Wildman–Crippen MR) is 108 cm³/mol. The van der Waals surface area contributed by atoms with E-state index in [0.29, 0.717) is 23.4 Å². The van der Waals surface area contributed by atoms with Crippen LogP contribution >= 0.6 is 0 Å². The van der Waals surface area contributed by atoms with Crippen molar-refractivity contribution in [3.8, 4) is 34.2 Å². The lowest BCUT2D eigenvalue weighted by molar-refractivity contribution is -0.0500. The second kappa shape index (κ2) is 7.69. The van der Waals surface area contributed by atoms with Crippen LogP contribution in [0, 0.1) is 11.3 Å². The van der Waals surface area contributed by atoms with E-state index in [9.17, 15) is 26.9 Å². The number of alkyl halides is 3. The van der Waals surface area contributed by atoms with Crippen LogP contribution < -0.4 is 4.18 Å². The highest BCUT2D eigenvalue weighted by Crippen LogP contribution is 2.32. The van der Waals surface area contributed by atoms with Crippen molar-refractivity contribution < 1.29 is 25.8 Å². The van der Waals surface area contributed by atoms with Crippen molar-refractivity contribution in [3.05, 3.63) is 60.7 Å². The first-order valence-corrected chi connectivity index (χ1v) is 10.6. The number of halogens is 3. The van der Waals surface area contributed by atoms with Gasteiger partial charge in [0.25, 0.3) is 0 Å². The van der Waals surface area contributed by atoms with Gasteiger partial charge < -0.3 is 4.18 Å². The molecule has 0 aliphatic carbocycles. The molecule has 0 saturated heterocycles. The molecule has 0 amide bonds. The maximum atomic E-state index is 12.6. The molecule has 3 heterocycles. The molecular weight excluding hydrogens is 447 g/mol. The summed E-state index contributed by atoms with van der Waals surface area (Å²) in [6.45, 7) is 2.63. The van der Waals surface area contributed by atoms with E-state index in [2.05, 4.69) is 14.3 Å². The molecule has 3 aromatic heterocycles. The zero-order chi connectivity index (χ0) is 23.1. The van der Waals surface area contributed by atoms with Gasteiger partial charge in [0.05, 0.1) is 18.1 Å². The Morgan fingerprint density at radius 1 is 1.09 bits per heavy atom. The molecule has 0 spiro atoms. The number of benzene rings is 1. The summed E-state index contributed by atoms with van der Waals surface area (Å²) >= 11 is 0. The van der Waals surface area contributed by atoms with Crippen LogP contribution in [0.25, 0.3) is 28.0 Å². The van der Waals surface area contributed by atoms with Crippen LogP contribution in [0.4, 0.5) is 13.2 Å². The van der Waals surface area contributed by atoms with Crippen LogP contribution in [-0.4, -0.2) is 33.1 Å². The first-order chi connectivity index (χ1) is 15.1. The third-order valence-corrected chi connectivity index (χ3v) is 5.63. The quantitative estimate of drug-likeness (QED) is 0.329. The number of fused-ring (bicyclic) bond motifs is 1. The third-order valence-electron chi connectivity index (χ3n) is 4.65. The number of pyridine rings is 1. The highest BCUT2D eigenvalue weighted by molar-refractivity contribution is 7.88. The van der Waals surface area contributed by atoms with Crippen LogP contribution in [0.15, 0.2) is 55.0 Å². The maximum absolute atomic E-state index is 12.6. The largest absolute Gasteiger partial charge is 0.534 e. The van der Waals surface area contributed by atoms with Gasteiger partial charge in [0, 0.05) is 18.3 Å². The van der Waals surface area contributed by atoms with Crippen molar-refractivity contribution in [1.82, 2.24) is 19.2 Å². The van der Waals surface area contributed by atoms with Gasteiger partial charge in [-0.05, 0) is 54.4 Å². The van der Waals surface area contributed by atoms with E-state index < -0.39 is 21.4 Å². The fourth-order valence-electron chi connectivity index (χ4n) is 3.11. The van der Waals surface area contributed by atoms with Crippen molar-refractivity contribution >= 4 is 15.8 Å². The number of nitriles is 1. The number of nitrogens with zero attached hydrogens (tertiary/aromatic N) is 5. The van der Waals surface area contributed by atoms with Gasteiger partial charge in [-0.25, -0.2) is 4.98 Å². The molecule has 0 bridgehead atoms. The van der Waals surface area contributed by atoms with Crippen LogP contribution in [-0.2, 0) is 16.7 Å². The Kier molecular flexibility index (Phi) is 5.14. The Hall–Kier alpha value is -3.85. The number of imidazole rings is 1. The van der Waals surface area contributed by atoms with E-state index in [0.717, 1.165) is 23.3 Å². The summed E-state index contributed by atoms with van der Waals surface area (Å²) in [6, 6.07) is 10.6. The molecule has 0 N–H and O–H groups in total. The SMILES string of the molecule is CCn1cc(-c2cc(-c3ccc(OS(=O)(=O)C(F)(F)F)cc3)n3c(C#N)cnc3c2)cn1. The first-order valence-electron chi connectivity index (χ1n) is 9.18. The van der Waals surface area contributed by atoms with Gasteiger partial charge >= 0.3 is 15.6 Å². The van der Waals surface area contributed by atoms with Gasteiger partial charge in [-0.2, -0.15) is 31.9 Å². The predicted octanol–water partition coefficient (Wildman–Crippen LogP) is 3.98. The van der Waals surface area contributed by atoms with E-state index >= 15 is 0 Å². The minimum Gasteiger partial charge on any atom is -0.376 e. The maximum Gasteiger partial charge on any atom is 0.534 e. The molecule has 0 saturated carbocycles. The van der Waals surface area contributed by atoms with Crippen LogP contribution in [0.1, 0.15) is 12.6 Å². The molecule has 0 aliphatic heterocycles. The highest BCUT2D eigenvalue weighted by atomic mass is 32.2. The van der Waals surface area contributed by atoms with Crippen LogP contribution in [0.2, 0.25) is 0 Å². The summed E-state index contributed by atoms with van der Waals surface area (Å²) < 4.78 is 67.6. The number of rotatable bonds is 5. The molecule has 0 unspecified atom stereocenters. The number of aromatic nitrogens is 4. The van der Waals surface area contributed by atoms with E-state index in [1.54, 1.807) is 27.4 Å². The van der Waals surface area contributed by atoms with Gasteiger partial charge in [0.15, 0.2) is 0 Å². The Balaban J connectivity index is 1.81. The van der Waals surface area contributed by atoms with E-state index in [-0.39, 0.29) is 5.69 Å². The molecular formula is C20H14F3N5O3S. The van der Waals surface area contributed by atoms with Crippen molar-refractivity contribution in [1.29, 1.82) is 5.26 Å². The molecule has 4 aromatic rings. The summed E-state index contributed by atoms with van der Waals surface area (Å²) in [5.41, 5.74) is -2.18. The highest BCUT2D eigenvalue weighted by Gasteiger charge is 2.48. The number of hydrogen-bond acceptors (Lipinski definition) is 6. The monoisotopic (exact) mass is 461 g/mol. The Morgan fingerprint density at radius 2 is 1.81 bits per heavy atom. The molecule has 4 rings (SSSR count). The molecule has 32 heavy (non-hydrogen) atoms. The van der Waals surface area contributed by atoms with E-state index in [1.165, 1.54) is 18.3 Å². The summed E-state index contributed by atoms with van der Waals surface area (Å²) in [6.07, 6.45) is 4.94. The zero-order valence-electron chi connectivity index (χ0n) is 16.4. The first kappa shape index (κ1) is 21.4. The van der Waals surface area contributed by atoms with Crippen molar-refractivity contribution in [2.75, 3.05) is 0 Å². The van der Waals surface area contributed by atoms with Crippen LogP contribution in [0.3, 0.4) is 0 Å². The van der Waals surface area contributed by atoms with Gasteiger partial charge in [-0.1, -0.05) is 0 Å². The molecule has 12 heteroatoms. The van der Waals surface area contributed by atoms with Gasteiger partial charge in [0.1, 0.15) is 23.2 Å². The normalized spacial score (nSPS) is 12.1. The molecule has 0 radical (unpaired) electrons. The van der Waals surface area contributed by atoms with E-state index in [4.69, 9.17) is 0 Å². The fourth-order valence-corrected chi connectivity index (χ4v) is 3.57. The Bertz CT molecular complexity index is 1450. The van der Waals surface area contributed by atoms with Crippen molar-refractivity contribution in [2.45, 2.75) is 19.0 Å². The zero-order valence-corrected chi connectivity index (χ0v) is 17.2. The molecule has 8 nitrogen and oxygen atoms in total. The second-order valence-corrected chi connectivity index (χ2v) is 8.21. The lowest BCUT2D eigenvalue weighted by Crippen LogP contribution is -2.28. The topological polar surface area (TPSA) is 102 Å². The van der Waals surface area contributed by atoms with Crippen LogP contribution in [0.5, 0.6) is 5.75 Å². The average molecular weight is 461 g/mol. The van der Waals surface area contributed by atoms with Crippen molar-refractivity contribution in [3.63, 3.8) is 0 Å². The lowest BCUT2D eigenvalue weighted by Gasteiger charge is -2.12. The summed E-state index contributed by atoms with van der Waals surface area (Å²) in [5.74, 6) is -0.492. The van der Waals surface area contributed by atoms with Gasteiger partial charge in [-0.3, -0.25) is 9.08 Å². The standard InChI is InChI=1S/C20H14F3N5O3S/c1-2-27-12-15(10-26-27)14-7-18(28-16(9-24)11-25-19(28)8-14)13-3-5-17(6-4-13)31-32(29,30)20(21,22)23/h3-8,10-12H,2H2,1H3. The second-order valence-electron chi connectivity index (χ2n) is 6.67. The summed E-state index contributed by atoms with van der Waals surface area (Å²) in [5, 5.41) is 13.7.